The Morgan fingerprint density at radius 2 is 1.56 bits per heavy atom. The Bertz CT molecular complexity index is 1300. The van der Waals surface area contributed by atoms with Crippen LogP contribution in [0, 0.1) is 5.82 Å². The third kappa shape index (κ3) is 5.38. The van der Waals surface area contributed by atoms with Crippen molar-refractivity contribution in [3.05, 3.63) is 65.5 Å². The second-order valence-corrected chi connectivity index (χ2v) is 10.5. The Hall–Kier alpha value is -3.42. The van der Waals surface area contributed by atoms with E-state index in [4.69, 9.17) is 18.9 Å². The molecular weight excluding hydrogens is 480 g/mol. The maximum Gasteiger partial charge on any atom is 0.203 e. The molecule has 0 spiro atoms. The summed E-state index contributed by atoms with van der Waals surface area (Å²) in [6.07, 6.45) is 3.46. The fourth-order valence-corrected chi connectivity index (χ4v) is 5.09. The average molecular weight is 506 g/mol. The zero-order chi connectivity index (χ0) is 24.9. The first-order chi connectivity index (χ1) is 16.2. The molecule has 3 rings (SSSR count). The zero-order valence-electron chi connectivity index (χ0n) is 19.0. The van der Waals surface area contributed by atoms with Crippen molar-refractivity contribution < 1.29 is 32.7 Å². The number of nitrogens with one attached hydrogen (secondary N) is 1. The van der Waals surface area contributed by atoms with Crippen LogP contribution in [0.15, 0.2) is 53.4 Å². The fourth-order valence-electron chi connectivity index (χ4n) is 3.23. The third-order valence-electron chi connectivity index (χ3n) is 4.91. The van der Waals surface area contributed by atoms with Crippen LogP contribution in [0.2, 0.25) is 0 Å². The molecule has 0 amide bonds. The minimum atomic E-state index is -3.16. The number of benzene rings is 3. The number of hydrogen-bond donors (Lipinski definition) is 2. The van der Waals surface area contributed by atoms with Crippen LogP contribution in [0.1, 0.15) is 11.1 Å². The van der Waals surface area contributed by atoms with E-state index in [1.165, 1.54) is 46.6 Å². The molecule has 0 aliphatic rings. The van der Waals surface area contributed by atoms with E-state index >= 15 is 0 Å². The van der Waals surface area contributed by atoms with Gasteiger partial charge in [-0.05, 0) is 56.0 Å². The number of aromatic hydroxyl groups is 1. The molecule has 0 saturated carbocycles. The number of hydrogen-bond acceptors (Lipinski definition) is 6. The summed E-state index contributed by atoms with van der Waals surface area (Å²) in [7, 11) is 6.02. The molecule has 0 aliphatic heterocycles. The molecule has 34 heavy (non-hydrogen) atoms. The SMILES string of the molecule is COc1ccc(/C=C\c2cc(OC)c(OC)c(OC)c2)c(NS(=O)(=P)c2cccc(F)c2)c1O. The summed E-state index contributed by atoms with van der Waals surface area (Å²) in [5.74, 6) is 0.798. The molecule has 7 nitrogen and oxygen atoms in total. The summed E-state index contributed by atoms with van der Waals surface area (Å²) in [6, 6.07) is 12.1. The van der Waals surface area contributed by atoms with E-state index < -0.39 is 15.1 Å². The van der Waals surface area contributed by atoms with Crippen LogP contribution in [0.4, 0.5) is 10.1 Å². The molecule has 0 fully saturated rings. The van der Waals surface area contributed by atoms with Crippen LogP contribution < -0.4 is 23.7 Å². The lowest BCUT2D eigenvalue weighted by Gasteiger charge is -2.17. The van der Waals surface area contributed by atoms with Gasteiger partial charge in [-0.25, -0.2) is 8.60 Å². The monoisotopic (exact) mass is 505 g/mol. The molecule has 3 aromatic carbocycles. The molecule has 0 bridgehead atoms. The Labute approximate surface area is 200 Å². The Kier molecular flexibility index (Phi) is 7.91. The summed E-state index contributed by atoms with van der Waals surface area (Å²) in [4.78, 5) is 0.172. The van der Waals surface area contributed by atoms with Gasteiger partial charge in [-0.15, -0.1) is 0 Å². The van der Waals surface area contributed by atoms with Gasteiger partial charge in [-0.3, -0.25) is 0 Å². The number of halogens is 1. The summed E-state index contributed by atoms with van der Waals surface area (Å²) >= 11 is 0. The summed E-state index contributed by atoms with van der Waals surface area (Å²) < 4.78 is 51.2. The second-order valence-electron chi connectivity index (χ2n) is 6.99. The van der Waals surface area contributed by atoms with Gasteiger partial charge in [0.25, 0.3) is 0 Å². The smallest absolute Gasteiger partial charge is 0.203 e. The maximum absolute atomic E-state index is 13.7. The van der Waals surface area contributed by atoms with Crippen LogP contribution >= 0.6 is 8.02 Å². The van der Waals surface area contributed by atoms with Crippen molar-refractivity contribution in [3.8, 4) is 28.7 Å². The van der Waals surface area contributed by atoms with Crippen LogP contribution in [-0.4, -0.2) is 37.8 Å². The van der Waals surface area contributed by atoms with Crippen molar-refractivity contribution in [1.29, 1.82) is 0 Å². The average Bonchev–Trinajstić information content (AvgIpc) is 2.83. The molecule has 0 saturated heterocycles. The van der Waals surface area contributed by atoms with Gasteiger partial charge in [-0.2, -0.15) is 0 Å². The first-order valence-electron chi connectivity index (χ1n) is 9.94. The first-order valence-corrected chi connectivity index (χ1v) is 12.7. The van der Waals surface area contributed by atoms with E-state index in [1.807, 2.05) is 0 Å². The zero-order valence-corrected chi connectivity index (χ0v) is 20.9. The molecule has 3 aromatic rings. The Morgan fingerprint density at radius 3 is 2.12 bits per heavy atom. The van der Waals surface area contributed by atoms with E-state index in [-0.39, 0.29) is 22.1 Å². The van der Waals surface area contributed by atoms with Crippen molar-refractivity contribution in [2.75, 3.05) is 33.2 Å². The number of ether oxygens (including phenoxy) is 4. The maximum atomic E-state index is 13.7. The van der Waals surface area contributed by atoms with E-state index in [0.29, 0.717) is 22.8 Å². The standard InChI is InChI=1S/C24H25FNO6PS/c1-29-19-11-10-16(9-8-15-12-20(30-2)24(32-4)21(13-15)31-3)22(23(19)27)26-34(28,33)18-7-5-6-17(25)14-18/h5-14,27,33H,1-4H3,(H,26,28)/b9-8-. The molecule has 1 atom stereocenters. The predicted octanol–water partition coefficient (Wildman–Crippen LogP) is 5.46. The van der Waals surface area contributed by atoms with Crippen LogP contribution in [0.3, 0.4) is 0 Å². The van der Waals surface area contributed by atoms with Crippen molar-refractivity contribution >= 4 is 35.2 Å². The summed E-state index contributed by atoms with van der Waals surface area (Å²) in [6.45, 7) is 0. The number of rotatable bonds is 9. The Morgan fingerprint density at radius 1 is 0.912 bits per heavy atom. The minimum Gasteiger partial charge on any atom is -0.503 e. The highest BCUT2D eigenvalue weighted by atomic mass is 32.5. The molecule has 1 unspecified atom stereocenters. The lowest BCUT2D eigenvalue weighted by atomic mass is 10.1. The van der Waals surface area contributed by atoms with Crippen LogP contribution in [-0.2, 0) is 9.30 Å². The highest BCUT2D eigenvalue weighted by Gasteiger charge is 2.18. The largest absolute Gasteiger partial charge is 0.503 e. The topological polar surface area (TPSA) is 86.3 Å². The van der Waals surface area contributed by atoms with E-state index in [1.54, 1.807) is 36.4 Å². The number of methoxy groups -OCH3 is 4. The van der Waals surface area contributed by atoms with Crippen molar-refractivity contribution in [2.45, 2.75) is 4.90 Å². The lowest BCUT2D eigenvalue weighted by molar-refractivity contribution is 0.324. The number of phenols is 1. The van der Waals surface area contributed by atoms with Gasteiger partial charge in [0.15, 0.2) is 23.0 Å². The Balaban J connectivity index is 2.07. The molecule has 10 heteroatoms. The third-order valence-corrected chi connectivity index (χ3v) is 7.33. The minimum absolute atomic E-state index is 0.132. The van der Waals surface area contributed by atoms with Crippen molar-refractivity contribution in [1.82, 2.24) is 0 Å². The fraction of sp³-hybridized carbons (Fsp3) is 0.167. The molecule has 180 valence electrons. The van der Waals surface area contributed by atoms with E-state index in [2.05, 4.69) is 12.7 Å². The van der Waals surface area contributed by atoms with Gasteiger partial charge in [-0.1, -0.05) is 18.2 Å². The van der Waals surface area contributed by atoms with Crippen LogP contribution in [0.25, 0.3) is 12.2 Å². The molecule has 2 N–H and O–H groups in total. The quantitative estimate of drug-likeness (QED) is 0.228. The lowest BCUT2D eigenvalue weighted by Crippen LogP contribution is -2.11. The van der Waals surface area contributed by atoms with Crippen molar-refractivity contribution in [2.24, 2.45) is 0 Å². The summed E-state index contributed by atoms with van der Waals surface area (Å²) in [5, 5.41) is 10.8. The van der Waals surface area contributed by atoms with Gasteiger partial charge < -0.3 is 28.8 Å². The normalized spacial score (nSPS) is 12.7. The van der Waals surface area contributed by atoms with E-state index in [0.717, 1.165) is 11.6 Å². The second kappa shape index (κ2) is 10.7. The molecule has 0 aromatic heterocycles. The van der Waals surface area contributed by atoms with Gasteiger partial charge in [0.05, 0.1) is 48.3 Å². The number of anilines is 1. The van der Waals surface area contributed by atoms with Crippen LogP contribution in [0.5, 0.6) is 28.7 Å². The van der Waals surface area contributed by atoms with Gasteiger partial charge in [0, 0.05) is 5.56 Å². The van der Waals surface area contributed by atoms with Gasteiger partial charge in [0.2, 0.25) is 5.75 Å². The predicted molar refractivity (Wildman–Crippen MR) is 134 cm³/mol. The highest BCUT2D eigenvalue weighted by Crippen LogP contribution is 2.41. The van der Waals surface area contributed by atoms with Crippen molar-refractivity contribution in [3.63, 3.8) is 0 Å². The van der Waals surface area contributed by atoms with E-state index in [9.17, 15) is 13.7 Å². The summed E-state index contributed by atoms with van der Waals surface area (Å²) in [5.41, 5.74) is 1.35. The molecule has 0 aliphatic carbocycles. The van der Waals surface area contributed by atoms with Gasteiger partial charge in [0.1, 0.15) is 5.82 Å². The van der Waals surface area contributed by atoms with Gasteiger partial charge >= 0.3 is 0 Å². The molecule has 0 radical (unpaired) electrons. The highest BCUT2D eigenvalue weighted by molar-refractivity contribution is 8.21. The molecular formula is C24H25FNO6PS. The first kappa shape index (κ1) is 25.2. The number of phenolic OH excluding ortho intramolecular Hbond substituents is 1. The molecule has 0 heterocycles.